The highest BCUT2D eigenvalue weighted by molar-refractivity contribution is 6.35. The topological polar surface area (TPSA) is 299 Å². The van der Waals surface area contributed by atoms with Crippen LogP contribution in [0.2, 0.25) is 30.1 Å². The largest absolute Gasteiger partial charge is 0.394 e. The van der Waals surface area contributed by atoms with Crippen molar-refractivity contribution in [3.8, 4) is 33.9 Å². The second-order valence-electron chi connectivity index (χ2n) is 20.3. The Labute approximate surface area is 524 Å². The summed E-state index contributed by atoms with van der Waals surface area (Å²) in [5, 5.41) is 77.4. The summed E-state index contributed by atoms with van der Waals surface area (Å²) < 4.78 is 59.9. The maximum atomic E-state index is 14.6. The number of nitrogens with zero attached hydrogens (tertiary/aromatic N) is 12. The molecule has 0 saturated carbocycles. The highest BCUT2D eigenvalue weighted by Gasteiger charge is 2.52. The van der Waals surface area contributed by atoms with Crippen molar-refractivity contribution in [2.24, 2.45) is 0 Å². The number of amides is 2. The van der Waals surface area contributed by atoms with Crippen molar-refractivity contribution in [1.82, 2.24) is 70.2 Å². The third-order valence-corrected chi connectivity index (χ3v) is 16.1. The fourth-order valence-electron chi connectivity index (χ4n) is 10.2. The fourth-order valence-corrected chi connectivity index (χ4v) is 11.2. The first kappa shape index (κ1) is 63.7. The molecule has 87 heavy (non-hydrogen) atoms. The molecule has 4 aromatic heterocycles. The van der Waals surface area contributed by atoms with E-state index in [1.807, 2.05) is 0 Å². The standard InChI is InChI=1S/C55H54Cl6F2N14O10/c1-26-66-54(76(70-26)40-18-30(56)8-12-34(40)60)52-50(46(48(82)42(22-78)86-52)74-20-38(68-72-74)28-6-10-32(58)36(62)16-28)84-24-44(80)64-14-4-3-5-15-65-45(81)25-85-51-47(75-21-39(69-73-75)29-7-11-33(59)37(63)17-29)49(83)43(23-79)87-53(51)55-67-27(2)71-77(55)41-19-31(57)9-13-35(41)61/h6-13,16-21,42-43,46-53,78-79,82-83H,3-5,14-15,22-25H2,1-2H3,(H,64,80)(H,65,81). The van der Waals surface area contributed by atoms with E-state index in [2.05, 4.69) is 51.4 Å². The van der Waals surface area contributed by atoms with Crippen LogP contribution in [-0.4, -0.2) is 168 Å². The number of aryl methyl sites for hydroxylation is 2. The van der Waals surface area contributed by atoms with Crippen LogP contribution in [0.15, 0.2) is 85.2 Å². The summed E-state index contributed by atoms with van der Waals surface area (Å²) in [7, 11) is 0. The predicted octanol–water partition coefficient (Wildman–Crippen LogP) is 7.12. The van der Waals surface area contributed by atoms with E-state index >= 15 is 0 Å². The predicted molar refractivity (Wildman–Crippen MR) is 312 cm³/mol. The van der Waals surface area contributed by atoms with Gasteiger partial charge in [-0.2, -0.15) is 10.2 Å². The molecule has 6 N–H and O–H groups in total. The Morgan fingerprint density at radius 3 is 1.38 bits per heavy atom. The number of aliphatic hydroxyl groups is 4. The highest BCUT2D eigenvalue weighted by Crippen LogP contribution is 2.43. The Bertz CT molecular complexity index is 3530. The van der Waals surface area contributed by atoms with Gasteiger partial charge in [0, 0.05) is 34.3 Å². The van der Waals surface area contributed by atoms with Gasteiger partial charge in [0.1, 0.15) is 109 Å². The van der Waals surface area contributed by atoms with Crippen LogP contribution in [0.5, 0.6) is 0 Å². The Hall–Kier alpha value is -6.34. The molecular weight excluding hydrogens is 1270 g/mol. The third-order valence-electron chi connectivity index (χ3n) is 14.4. The molecule has 0 bridgehead atoms. The van der Waals surface area contributed by atoms with E-state index < -0.39 is 111 Å². The quantitative estimate of drug-likeness (QED) is 0.0368. The van der Waals surface area contributed by atoms with E-state index in [1.165, 1.54) is 67.5 Å². The minimum Gasteiger partial charge on any atom is -0.394 e. The van der Waals surface area contributed by atoms with Crippen LogP contribution in [0.1, 0.15) is 66.9 Å². The first-order chi connectivity index (χ1) is 41.8. The Morgan fingerprint density at radius 1 is 0.586 bits per heavy atom. The Kier molecular flexibility index (Phi) is 20.5. The van der Waals surface area contributed by atoms with E-state index in [0.29, 0.717) is 51.8 Å². The van der Waals surface area contributed by atoms with Crippen molar-refractivity contribution in [3.05, 3.63) is 150 Å². The number of aromatic nitrogens is 12. The van der Waals surface area contributed by atoms with Crippen LogP contribution in [0.25, 0.3) is 33.9 Å². The molecule has 0 radical (unpaired) electrons. The number of unbranched alkanes of at least 4 members (excludes halogenated alkanes) is 2. The summed E-state index contributed by atoms with van der Waals surface area (Å²) in [6, 6.07) is 15.2. The first-order valence-corrected chi connectivity index (χ1v) is 29.2. The lowest BCUT2D eigenvalue weighted by molar-refractivity contribution is -0.223. The molecule has 2 aliphatic rings. The molecule has 0 aliphatic carbocycles. The van der Waals surface area contributed by atoms with E-state index in [0.717, 1.165) is 0 Å². The minimum absolute atomic E-state index is 0.105. The lowest BCUT2D eigenvalue weighted by Gasteiger charge is -2.43. The lowest BCUT2D eigenvalue weighted by atomic mass is 9.91. The fraction of sp³-hybridized carbons (Fsp3) is 0.382. The summed E-state index contributed by atoms with van der Waals surface area (Å²) >= 11 is 38.0. The van der Waals surface area contributed by atoms with Crippen LogP contribution < -0.4 is 10.6 Å². The smallest absolute Gasteiger partial charge is 0.246 e. The lowest BCUT2D eigenvalue weighted by Crippen LogP contribution is -2.54. The van der Waals surface area contributed by atoms with E-state index in [-0.39, 0.29) is 67.9 Å². The SMILES string of the molecule is Cc1nc(C2OC(CO)C(O)C(n3cc(-c4ccc(Cl)c(F)c4)nn3)C2OCC(=O)NCCCCCNC(=O)COC2C(c3nc(C)nn3-c3cc(Cl)ccc3Cl)OC(CO)C(O)C2n2cc(-c3ccc(Cl)c(F)c3)nn2)n(-c2cc(Cl)ccc2Cl)n1. The van der Waals surface area contributed by atoms with Gasteiger partial charge >= 0.3 is 0 Å². The molecular formula is C55H54Cl6F2N14O10. The normalized spacial score (nSPS) is 22.2. The molecule has 24 nitrogen and oxygen atoms in total. The monoisotopic (exact) mass is 1320 g/mol. The zero-order valence-corrected chi connectivity index (χ0v) is 50.4. The molecule has 8 aromatic rings. The summed E-state index contributed by atoms with van der Waals surface area (Å²) in [6.07, 6.45) is -6.28. The number of halogens is 8. The van der Waals surface area contributed by atoms with Crippen molar-refractivity contribution in [3.63, 3.8) is 0 Å². The van der Waals surface area contributed by atoms with Gasteiger partial charge in [-0.15, -0.1) is 10.2 Å². The number of aliphatic hydroxyl groups excluding tert-OH is 4. The van der Waals surface area contributed by atoms with Gasteiger partial charge in [0.25, 0.3) is 0 Å². The maximum absolute atomic E-state index is 14.6. The van der Waals surface area contributed by atoms with Gasteiger partial charge in [0.05, 0.1) is 57.1 Å². The molecule has 6 heterocycles. The maximum Gasteiger partial charge on any atom is 0.246 e. The first-order valence-electron chi connectivity index (χ1n) is 27.0. The van der Waals surface area contributed by atoms with Crippen LogP contribution in [0, 0.1) is 25.5 Å². The van der Waals surface area contributed by atoms with E-state index in [1.54, 1.807) is 50.2 Å². The number of carbonyl (C=O) groups is 2. The van der Waals surface area contributed by atoms with Gasteiger partial charge < -0.3 is 50.0 Å². The van der Waals surface area contributed by atoms with Gasteiger partial charge in [0.15, 0.2) is 11.6 Å². The number of benzene rings is 4. The van der Waals surface area contributed by atoms with Gasteiger partial charge in [-0.05, 0) is 93.8 Å². The summed E-state index contributed by atoms with van der Waals surface area (Å²) in [5.41, 5.74) is 1.69. The number of ether oxygens (including phenoxy) is 4. The molecule has 10 atom stereocenters. The van der Waals surface area contributed by atoms with Crippen LogP contribution in [-0.2, 0) is 28.5 Å². The van der Waals surface area contributed by atoms with Crippen LogP contribution in [0.3, 0.4) is 0 Å². The molecule has 10 rings (SSSR count). The second kappa shape index (κ2) is 28.0. The molecule has 32 heteroatoms. The number of carbonyl (C=O) groups excluding carboxylic acids is 2. The molecule has 460 valence electrons. The highest BCUT2D eigenvalue weighted by atomic mass is 35.5. The molecule has 2 fully saturated rings. The van der Waals surface area contributed by atoms with Crippen molar-refractivity contribution >= 4 is 81.4 Å². The average Bonchev–Trinajstić information content (AvgIpc) is 1.83. The molecule has 4 aromatic carbocycles. The summed E-state index contributed by atoms with van der Waals surface area (Å²) in [6.45, 7) is 1.17. The average molecular weight is 1320 g/mol. The van der Waals surface area contributed by atoms with Crippen LogP contribution >= 0.6 is 69.6 Å². The van der Waals surface area contributed by atoms with E-state index in [4.69, 9.17) is 88.6 Å². The summed E-state index contributed by atoms with van der Waals surface area (Å²) in [4.78, 5) is 36.5. The zero-order valence-electron chi connectivity index (χ0n) is 45.8. The number of hydrogen-bond donors (Lipinski definition) is 6. The molecule has 2 aliphatic heterocycles. The number of hydrogen-bond acceptors (Lipinski definition) is 18. The zero-order chi connectivity index (χ0) is 61.8. The molecule has 10 unspecified atom stereocenters. The van der Waals surface area contributed by atoms with Gasteiger partial charge in [-0.1, -0.05) is 92.2 Å². The third kappa shape index (κ3) is 14.2. The number of nitrogens with one attached hydrogen (secondary N) is 2. The van der Waals surface area contributed by atoms with Crippen molar-refractivity contribution in [2.75, 3.05) is 39.5 Å². The van der Waals surface area contributed by atoms with Crippen molar-refractivity contribution in [2.45, 2.75) is 94.0 Å². The molecule has 2 amide bonds. The molecule has 2 saturated heterocycles. The second-order valence-corrected chi connectivity index (χ2v) is 22.8. The van der Waals surface area contributed by atoms with E-state index in [9.17, 15) is 38.8 Å². The Morgan fingerprint density at radius 2 is 0.989 bits per heavy atom. The van der Waals surface area contributed by atoms with Crippen molar-refractivity contribution in [1.29, 1.82) is 0 Å². The Balaban J connectivity index is 0.796. The minimum atomic E-state index is -1.51. The van der Waals surface area contributed by atoms with Crippen LogP contribution in [0.4, 0.5) is 8.78 Å². The molecule has 0 spiro atoms. The summed E-state index contributed by atoms with van der Waals surface area (Å²) in [5.74, 6) is -1.69. The number of rotatable bonds is 22. The van der Waals surface area contributed by atoms with Gasteiger partial charge in [-0.25, -0.2) is 37.5 Å². The van der Waals surface area contributed by atoms with Gasteiger partial charge in [-0.3, -0.25) is 9.59 Å². The van der Waals surface area contributed by atoms with Crippen molar-refractivity contribution < 1.29 is 57.7 Å². The van der Waals surface area contributed by atoms with Gasteiger partial charge in [0.2, 0.25) is 11.8 Å².